The first kappa shape index (κ1) is 20.4. The minimum atomic E-state index is -0.501. The van der Waals surface area contributed by atoms with Gasteiger partial charge in [0.15, 0.2) is 0 Å². The maximum atomic E-state index is 13.1. The molecule has 0 aliphatic carbocycles. The summed E-state index contributed by atoms with van der Waals surface area (Å²) < 4.78 is 9.90. The zero-order valence-corrected chi connectivity index (χ0v) is 16.5. The SMILES string of the molecule is CCOC(=O)c1ccccc1NC(=O)N1CCc2ccccc2C1CC(=O)OC. The second-order valence-electron chi connectivity index (χ2n) is 6.63. The summed E-state index contributed by atoms with van der Waals surface area (Å²) in [7, 11) is 1.33. The molecule has 2 amide bonds. The molecule has 0 saturated carbocycles. The van der Waals surface area contributed by atoms with Gasteiger partial charge in [-0.1, -0.05) is 36.4 Å². The molecule has 0 saturated heterocycles. The van der Waals surface area contributed by atoms with Crippen LogP contribution in [0.4, 0.5) is 10.5 Å². The standard InChI is InChI=1S/C22H24N2O5/c1-3-29-21(26)17-10-6-7-11-18(17)23-22(27)24-13-12-15-8-4-5-9-16(15)19(24)14-20(25)28-2/h4-11,19H,3,12-14H2,1-2H3,(H,23,27). The predicted molar refractivity (Wildman–Crippen MR) is 108 cm³/mol. The second kappa shape index (κ2) is 9.23. The van der Waals surface area contributed by atoms with Crippen molar-refractivity contribution in [2.24, 2.45) is 0 Å². The Balaban J connectivity index is 1.86. The highest BCUT2D eigenvalue weighted by molar-refractivity contribution is 6.01. The van der Waals surface area contributed by atoms with Gasteiger partial charge in [0.05, 0.1) is 37.4 Å². The number of para-hydroxylation sites is 1. The van der Waals surface area contributed by atoms with E-state index in [0.717, 1.165) is 11.1 Å². The third-order valence-corrected chi connectivity index (χ3v) is 4.92. The maximum Gasteiger partial charge on any atom is 0.340 e. The number of hydrogen-bond donors (Lipinski definition) is 1. The summed E-state index contributed by atoms with van der Waals surface area (Å²) in [6, 6.07) is 13.6. The number of carbonyl (C=O) groups excluding carboxylic acids is 3. The number of nitrogens with zero attached hydrogens (tertiary/aromatic N) is 1. The van der Waals surface area contributed by atoms with E-state index in [-0.39, 0.29) is 24.6 Å². The third kappa shape index (κ3) is 4.56. The van der Waals surface area contributed by atoms with Crippen molar-refractivity contribution in [2.45, 2.75) is 25.8 Å². The average Bonchev–Trinajstić information content (AvgIpc) is 2.74. The zero-order chi connectivity index (χ0) is 20.8. The number of anilines is 1. The summed E-state index contributed by atoms with van der Waals surface area (Å²) in [6.45, 7) is 2.42. The molecule has 0 radical (unpaired) electrons. The Bertz CT molecular complexity index is 912. The van der Waals surface area contributed by atoms with Crippen LogP contribution in [0.2, 0.25) is 0 Å². The van der Waals surface area contributed by atoms with Gasteiger partial charge in [-0.05, 0) is 36.6 Å². The summed E-state index contributed by atoms with van der Waals surface area (Å²) in [6.07, 6.45) is 0.737. The first-order valence-electron chi connectivity index (χ1n) is 9.53. The Morgan fingerprint density at radius 2 is 1.83 bits per heavy atom. The van der Waals surface area contributed by atoms with E-state index in [1.165, 1.54) is 7.11 Å². The fourth-order valence-electron chi connectivity index (χ4n) is 3.52. The number of fused-ring (bicyclic) bond motifs is 1. The molecule has 1 heterocycles. The summed E-state index contributed by atoms with van der Waals surface area (Å²) in [4.78, 5) is 38.9. The molecule has 1 aliphatic heterocycles. The van der Waals surface area contributed by atoms with Crippen LogP contribution >= 0.6 is 0 Å². The van der Waals surface area contributed by atoms with E-state index < -0.39 is 18.0 Å². The molecule has 0 fully saturated rings. The van der Waals surface area contributed by atoms with Gasteiger partial charge >= 0.3 is 18.0 Å². The number of methoxy groups -OCH3 is 1. The minimum Gasteiger partial charge on any atom is -0.469 e. The highest BCUT2D eigenvalue weighted by Crippen LogP contribution is 2.33. The Morgan fingerprint density at radius 1 is 1.10 bits per heavy atom. The molecule has 1 unspecified atom stereocenters. The molecule has 0 spiro atoms. The van der Waals surface area contributed by atoms with Gasteiger partial charge in [-0.25, -0.2) is 9.59 Å². The van der Waals surface area contributed by atoms with Crippen molar-refractivity contribution < 1.29 is 23.9 Å². The normalized spacial score (nSPS) is 15.2. The van der Waals surface area contributed by atoms with Gasteiger partial charge in [0.2, 0.25) is 0 Å². The molecule has 152 valence electrons. The van der Waals surface area contributed by atoms with Crippen LogP contribution in [0.15, 0.2) is 48.5 Å². The molecule has 29 heavy (non-hydrogen) atoms. The lowest BCUT2D eigenvalue weighted by molar-refractivity contribution is -0.141. The molecule has 0 aromatic heterocycles. The summed E-state index contributed by atoms with van der Waals surface area (Å²) in [5.41, 5.74) is 2.69. The van der Waals surface area contributed by atoms with E-state index in [1.54, 1.807) is 36.1 Å². The molecule has 7 heteroatoms. The van der Waals surface area contributed by atoms with Crippen LogP contribution < -0.4 is 5.32 Å². The lowest BCUT2D eigenvalue weighted by Gasteiger charge is -2.37. The number of amides is 2. The van der Waals surface area contributed by atoms with Crippen LogP contribution in [0.3, 0.4) is 0 Å². The van der Waals surface area contributed by atoms with E-state index in [9.17, 15) is 14.4 Å². The van der Waals surface area contributed by atoms with Crippen molar-refractivity contribution in [3.05, 3.63) is 65.2 Å². The Kier molecular flexibility index (Phi) is 6.49. The van der Waals surface area contributed by atoms with Crippen LogP contribution in [0.1, 0.15) is 40.9 Å². The van der Waals surface area contributed by atoms with Gasteiger partial charge in [0, 0.05) is 6.54 Å². The summed E-state index contributed by atoms with van der Waals surface area (Å²) in [5, 5.41) is 2.81. The smallest absolute Gasteiger partial charge is 0.340 e. The monoisotopic (exact) mass is 396 g/mol. The Labute approximate surface area is 169 Å². The third-order valence-electron chi connectivity index (χ3n) is 4.92. The highest BCUT2D eigenvalue weighted by Gasteiger charge is 2.33. The second-order valence-corrected chi connectivity index (χ2v) is 6.63. The number of ether oxygens (including phenoxy) is 2. The van der Waals surface area contributed by atoms with Gasteiger partial charge in [-0.3, -0.25) is 4.79 Å². The number of hydrogen-bond acceptors (Lipinski definition) is 5. The van der Waals surface area contributed by atoms with Gasteiger partial charge in [0.25, 0.3) is 0 Å². The van der Waals surface area contributed by atoms with E-state index in [4.69, 9.17) is 9.47 Å². The quantitative estimate of drug-likeness (QED) is 0.781. The van der Waals surface area contributed by atoms with E-state index in [2.05, 4.69) is 5.32 Å². The highest BCUT2D eigenvalue weighted by atomic mass is 16.5. The molecule has 0 bridgehead atoms. The van der Waals surface area contributed by atoms with Crippen LogP contribution in [0, 0.1) is 0 Å². The molecule has 1 aliphatic rings. The van der Waals surface area contributed by atoms with Crippen molar-refractivity contribution >= 4 is 23.7 Å². The molecule has 1 N–H and O–H groups in total. The van der Waals surface area contributed by atoms with Crippen LogP contribution in [-0.2, 0) is 20.7 Å². The number of nitrogens with one attached hydrogen (secondary N) is 1. The minimum absolute atomic E-state index is 0.0560. The topological polar surface area (TPSA) is 84.9 Å². The number of urea groups is 1. The average molecular weight is 396 g/mol. The zero-order valence-electron chi connectivity index (χ0n) is 16.5. The van der Waals surface area contributed by atoms with E-state index in [0.29, 0.717) is 18.7 Å². The number of benzene rings is 2. The first-order chi connectivity index (χ1) is 14.0. The number of carbonyl (C=O) groups is 3. The number of esters is 2. The molecule has 7 nitrogen and oxygen atoms in total. The maximum absolute atomic E-state index is 13.1. The lowest BCUT2D eigenvalue weighted by atomic mass is 9.91. The lowest BCUT2D eigenvalue weighted by Crippen LogP contribution is -2.43. The Hall–Kier alpha value is -3.35. The van der Waals surface area contributed by atoms with Gasteiger partial charge in [-0.2, -0.15) is 0 Å². The van der Waals surface area contributed by atoms with Crippen molar-refractivity contribution in [3.8, 4) is 0 Å². The van der Waals surface area contributed by atoms with Crippen molar-refractivity contribution in [1.29, 1.82) is 0 Å². The molecule has 2 aromatic rings. The van der Waals surface area contributed by atoms with Gasteiger partial charge in [0.1, 0.15) is 0 Å². The van der Waals surface area contributed by atoms with E-state index in [1.807, 2.05) is 24.3 Å². The summed E-state index contributed by atoms with van der Waals surface area (Å²) in [5.74, 6) is -0.894. The summed E-state index contributed by atoms with van der Waals surface area (Å²) >= 11 is 0. The van der Waals surface area contributed by atoms with Crippen molar-refractivity contribution in [2.75, 3.05) is 25.6 Å². The van der Waals surface area contributed by atoms with Crippen LogP contribution in [-0.4, -0.2) is 43.1 Å². The predicted octanol–water partition coefficient (Wildman–Crippen LogP) is 3.56. The van der Waals surface area contributed by atoms with E-state index >= 15 is 0 Å². The van der Waals surface area contributed by atoms with Crippen LogP contribution in [0.25, 0.3) is 0 Å². The largest absolute Gasteiger partial charge is 0.469 e. The molecule has 3 rings (SSSR count). The van der Waals surface area contributed by atoms with Crippen LogP contribution in [0.5, 0.6) is 0 Å². The fourth-order valence-corrected chi connectivity index (χ4v) is 3.52. The van der Waals surface area contributed by atoms with Gasteiger partial charge < -0.3 is 19.7 Å². The number of rotatable bonds is 5. The van der Waals surface area contributed by atoms with Gasteiger partial charge in [-0.15, -0.1) is 0 Å². The molecular formula is C22H24N2O5. The molecule has 1 atom stereocenters. The van der Waals surface area contributed by atoms with Crippen molar-refractivity contribution in [1.82, 2.24) is 4.90 Å². The Morgan fingerprint density at radius 3 is 2.59 bits per heavy atom. The first-order valence-corrected chi connectivity index (χ1v) is 9.53. The molecule has 2 aromatic carbocycles. The fraction of sp³-hybridized carbons (Fsp3) is 0.318. The van der Waals surface area contributed by atoms with Crippen molar-refractivity contribution in [3.63, 3.8) is 0 Å². The molecular weight excluding hydrogens is 372 g/mol.